The van der Waals surface area contributed by atoms with Crippen molar-refractivity contribution >= 4 is 35.2 Å². The summed E-state index contributed by atoms with van der Waals surface area (Å²) in [7, 11) is 0. The molecular formula is C39H51N3O5S. The zero-order valence-corrected chi connectivity index (χ0v) is 29.5. The summed E-state index contributed by atoms with van der Waals surface area (Å²) in [5.41, 5.74) is 1.68. The monoisotopic (exact) mass is 673 g/mol. The van der Waals surface area contributed by atoms with E-state index in [9.17, 15) is 14.7 Å². The minimum Gasteiger partial charge on any atom is -0.494 e. The Balaban J connectivity index is 1.58. The molecule has 5 rings (SSSR count). The Labute approximate surface area is 290 Å². The first kappa shape index (κ1) is 35.7. The molecule has 48 heavy (non-hydrogen) atoms. The normalized spacial score (nSPS) is 26.2. The van der Waals surface area contributed by atoms with E-state index in [1.165, 1.54) is 0 Å². The maximum absolute atomic E-state index is 15.0. The van der Waals surface area contributed by atoms with Gasteiger partial charge in [-0.1, -0.05) is 62.2 Å². The minimum atomic E-state index is -0.805. The molecule has 2 aromatic rings. The molecule has 1 spiro atoms. The van der Waals surface area contributed by atoms with Gasteiger partial charge in [-0.05, 0) is 69.4 Å². The number of aliphatic hydroxyl groups excluding tert-OH is 1. The van der Waals surface area contributed by atoms with Crippen LogP contribution in [-0.4, -0.2) is 87.1 Å². The van der Waals surface area contributed by atoms with Gasteiger partial charge in [-0.25, -0.2) is 0 Å². The Kier molecular flexibility index (Phi) is 11.4. The molecule has 8 nitrogen and oxygen atoms in total. The van der Waals surface area contributed by atoms with Gasteiger partial charge in [-0.15, -0.1) is 24.9 Å². The van der Waals surface area contributed by atoms with Crippen molar-refractivity contribution in [3.8, 4) is 5.75 Å². The zero-order valence-electron chi connectivity index (χ0n) is 28.7. The molecule has 0 saturated carbocycles. The van der Waals surface area contributed by atoms with E-state index in [1.54, 1.807) is 33.7 Å². The van der Waals surface area contributed by atoms with Crippen LogP contribution in [0.25, 0.3) is 0 Å². The van der Waals surface area contributed by atoms with Gasteiger partial charge in [0.25, 0.3) is 0 Å². The van der Waals surface area contributed by atoms with Crippen LogP contribution in [0.5, 0.6) is 5.75 Å². The van der Waals surface area contributed by atoms with Crippen molar-refractivity contribution in [1.29, 1.82) is 0 Å². The fourth-order valence-electron chi connectivity index (χ4n) is 8.23. The third-order valence-corrected chi connectivity index (χ3v) is 12.3. The SMILES string of the molecule is C=CCN(CCCCC)C(=O)C1N([C@@H](CO)Cc2ccccc2)C(=O)[C@@H]2[C@H](C(=O)N(CC=C)c3ccc(OCC)cc3)[C@]3(C)CCC12S3. The highest BCUT2D eigenvalue weighted by atomic mass is 32.2. The number of fused-ring (bicyclic) bond motifs is 1. The molecule has 6 atom stereocenters. The fraction of sp³-hybridized carbons (Fsp3) is 0.513. The van der Waals surface area contributed by atoms with Crippen molar-refractivity contribution in [3.63, 3.8) is 0 Å². The molecule has 0 radical (unpaired) electrons. The van der Waals surface area contributed by atoms with Gasteiger partial charge in [-0.3, -0.25) is 14.4 Å². The number of nitrogens with zero attached hydrogens (tertiary/aromatic N) is 3. The molecule has 2 bridgehead atoms. The van der Waals surface area contributed by atoms with Crippen molar-refractivity contribution in [2.24, 2.45) is 11.8 Å². The van der Waals surface area contributed by atoms with Gasteiger partial charge in [0.1, 0.15) is 11.8 Å². The third-order valence-electron chi connectivity index (χ3n) is 10.4. The van der Waals surface area contributed by atoms with Crippen LogP contribution in [-0.2, 0) is 20.8 Å². The Bertz CT molecular complexity index is 1470. The van der Waals surface area contributed by atoms with E-state index in [0.29, 0.717) is 50.4 Å². The molecule has 3 amide bonds. The quantitative estimate of drug-likeness (QED) is 0.166. The van der Waals surface area contributed by atoms with E-state index in [2.05, 4.69) is 27.0 Å². The number of ether oxygens (including phenoxy) is 1. The van der Waals surface area contributed by atoms with Gasteiger partial charge in [0, 0.05) is 30.1 Å². The second-order valence-electron chi connectivity index (χ2n) is 13.4. The highest BCUT2D eigenvalue weighted by Gasteiger charge is 2.78. The lowest BCUT2D eigenvalue weighted by atomic mass is 9.66. The maximum atomic E-state index is 15.0. The van der Waals surface area contributed by atoms with Gasteiger partial charge in [0.05, 0.1) is 35.8 Å². The first-order valence-electron chi connectivity index (χ1n) is 17.4. The number of unbranched alkanes of at least 4 members (excludes halogenated alkanes) is 2. The van der Waals surface area contributed by atoms with Gasteiger partial charge < -0.3 is 24.5 Å². The average Bonchev–Trinajstić information content (AvgIpc) is 3.66. The summed E-state index contributed by atoms with van der Waals surface area (Å²) in [6, 6.07) is 15.8. The minimum absolute atomic E-state index is 0.118. The third kappa shape index (κ3) is 6.56. The van der Waals surface area contributed by atoms with Gasteiger partial charge in [-0.2, -0.15) is 0 Å². The molecule has 3 aliphatic rings. The van der Waals surface area contributed by atoms with E-state index >= 15 is 4.79 Å². The molecule has 1 N–H and O–H groups in total. The maximum Gasteiger partial charge on any atom is 0.247 e. The van der Waals surface area contributed by atoms with E-state index in [-0.39, 0.29) is 30.9 Å². The smallest absolute Gasteiger partial charge is 0.247 e. The number of carbonyl (C=O) groups excluding carboxylic acids is 3. The number of hydrogen-bond donors (Lipinski definition) is 1. The number of thioether (sulfide) groups is 1. The van der Waals surface area contributed by atoms with Crippen LogP contribution in [0.3, 0.4) is 0 Å². The molecule has 3 fully saturated rings. The first-order chi connectivity index (χ1) is 23.2. The summed E-state index contributed by atoms with van der Waals surface area (Å²) in [6.45, 7) is 15.5. The van der Waals surface area contributed by atoms with Gasteiger partial charge in [0.15, 0.2) is 0 Å². The predicted molar refractivity (Wildman–Crippen MR) is 193 cm³/mol. The van der Waals surface area contributed by atoms with Crippen molar-refractivity contribution in [2.75, 3.05) is 37.7 Å². The molecule has 258 valence electrons. The van der Waals surface area contributed by atoms with Crippen LogP contribution in [0.1, 0.15) is 58.4 Å². The van der Waals surface area contributed by atoms with Crippen molar-refractivity contribution in [1.82, 2.24) is 9.80 Å². The molecule has 0 aromatic heterocycles. The Morgan fingerprint density at radius 2 is 1.75 bits per heavy atom. The lowest BCUT2D eigenvalue weighted by Gasteiger charge is -2.39. The summed E-state index contributed by atoms with van der Waals surface area (Å²) in [4.78, 5) is 50.0. The van der Waals surface area contributed by atoms with E-state index in [0.717, 1.165) is 24.8 Å². The van der Waals surface area contributed by atoms with E-state index in [4.69, 9.17) is 4.74 Å². The van der Waals surface area contributed by atoms with Crippen LogP contribution in [0.15, 0.2) is 79.9 Å². The first-order valence-corrected chi connectivity index (χ1v) is 18.2. The average molecular weight is 674 g/mol. The topological polar surface area (TPSA) is 90.4 Å². The molecule has 3 heterocycles. The Hall–Kier alpha value is -3.56. The number of aliphatic hydroxyl groups is 1. The standard InChI is InChI=1S/C39H51N3O5S/c1-6-10-14-25-40(23-7-2)37(46)34-39-22-21-38(5,48-39)32(35(44)41(24-8-3)29-17-19-31(20-18-29)47-9-4)33(39)36(45)42(34)30(27-43)26-28-15-12-11-13-16-28/h7-8,11-13,15-20,30,32-34,43H,2-3,6,9-10,14,21-27H2,1,4-5H3/t30-,32-,33+,34?,38+,39?/m1/s1. The predicted octanol–water partition coefficient (Wildman–Crippen LogP) is 5.89. The Morgan fingerprint density at radius 1 is 1.04 bits per heavy atom. The van der Waals surface area contributed by atoms with Gasteiger partial charge >= 0.3 is 0 Å². The molecule has 3 aliphatic heterocycles. The summed E-state index contributed by atoms with van der Waals surface area (Å²) in [5.74, 6) is -1.12. The molecule has 9 heteroatoms. The summed E-state index contributed by atoms with van der Waals surface area (Å²) in [6.07, 6.45) is 8.06. The molecule has 2 aromatic carbocycles. The molecule has 3 saturated heterocycles. The number of benzene rings is 2. The number of likely N-dealkylation sites (tertiary alicyclic amines) is 1. The molecular weight excluding hydrogens is 623 g/mol. The lowest BCUT2D eigenvalue weighted by molar-refractivity contribution is -0.145. The highest BCUT2D eigenvalue weighted by molar-refractivity contribution is 8.02. The summed E-state index contributed by atoms with van der Waals surface area (Å²) in [5, 5.41) is 10.9. The number of anilines is 1. The van der Waals surface area contributed by atoms with Crippen molar-refractivity contribution in [3.05, 3.63) is 85.5 Å². The van der Waals surface area contributed by atoms with Crippen LogP contribution < -0.4 is 9.64 Å². The van der Waals surface area contributed by atoms with Crippen LogP contribution in [0, 0.1) is 11.8 Å². The lowest BCUT2D eigenvalue weighted by Crippen LogP contribution is -2.58. The van der Waals surface area contributed by atoms with E-state index < -0.39 is 33.4 Å². The summed E-state index contributed by atoms with van der Waals surface area (Å²) < 4.78 is 4.31. The van der Waals surface area contributed by atoms with E-state index in [1.807, 2.05) is 66.4 Å². The fourth-order valence-corrected chi connectivity index (χ4v) is 10.6. The summed E-state index contributed by atoms with van der Waals surface area (Å²) >= 11 is 1.66. The van der Waals surface area contributed by atoms with Crippen LogP contribution in [0.4, 0.5) is 5.69 Å². The van der Waals surface area contributed by atoms with Gasteiger partial charge in [0.2, 0.25) is 17.7 Å². The second kappa shape index (κ2) is 15.3. The Morgan fingerprint density at radius 3 is 2.38 bits per heavy atom. The zero-order chi connectivity index (χ0) is 34.5. The number of amides is 3. The van der Waals surface area contributed by atoms with Crippen molar-refractivity contribution in [2.45, 2.75) is 80.9 Å². The number of carbonyl (C=O) groups is 3. The highest BCUT2D eigenvalue weighted by Crippen LogP contribution is 2.72. The van der Waals surface area contributed by atoms with Crippen LogP contribution >= 0.6 is 11.8 Å². The molecule has 0 aliphatic carbocycles. The molecule has 2 unspecified atom stereocenters. The van der Waals surface area contributed by atoms with Crippen LogP contribution in [0.2, 0.25) is 0 Å². The number of rotatable bonds is 17. The number of hydrogen-bond acceptors (Lipinski definition) is 6. The second-order valence-corrected chi connectivity index (χ2v) is 15.3. The largest absolute Gasteiger partial charge is 0.494 e. The van der Waals surface area contributed by atoms with Crippen molar-refractivity contribution < 1.29 is 24.2 Å².